The summed E-state index contributed by atoms with van der Waals surface area (Å²) in [5.41, 5.74) is 0.623. The lowest BCUT2D eigenvalue weighted by Crippen LogP contribution is -2.43. The molecule has 0 unspecified atom stereocenters. The fourth-order valence-electron chi connectivity index (χ4n) is 3.20. The lowest BCUT2D eigenvalue weighted by molar-refractivity contribution is -0.312. The van der Waals surface area contributed by atoms with E-state index < -0.39 is 11.9 Å². The molecule has 0 aliphatic carbocycles. The third-order valence-electron chi connectivity index (χ3n) is 4.86. The van der Waals surface area contributed by atoms with Crippen molar-refractivity contribution in [1.29, 1.82) is 0 Å². The van der Waals surface area contributed by atoms with Gasteiger partial charge in [-0.3, -0.25) is 9.59 Å². The Morgan fingerprint density at radius 2 is 1.55 bits per heavy atom. The summed E-state index contributed by atoms with van der Waals surface area (Å²) in [6, 6.07) is 16.4. The van der Waals surface area contributed by atoms with Gasteiger partial charge in [-0.1, -0.05) is 18.2 Å². The van der Waals surface area contributed by atoms with Gasteiger partial charge in [0.05, 0.1) is 0 Å². The largest absolute Gasteiger partial charge is 0.550 e. The number of benzene rings is 2. The van der Waals surface area contributed by atoms with Gasteiger partial charge in [0.1, 0.15) is 11.5 Å². The molecule has 7 heteroatoms. The van der Waals surface area contributed by atoms with Crippen LogP contribution in [0.15, 0.2) is 54.6 Å². The van der Waals surface area contributed by atoms with Gasteiger partial charge < -0.3 is 24.9 Å². The van der Waals surface area contributed by atoms with Crippen molar-refractivity contribution in [3.05, 3.63) is 54.6 Å². The van der Waals surface area contributed by atoms with E-state index in [1.807, 2.05) is 30.3 Å². The van der Waals surface area contributed by atoms with E-state index in [2.05, 4.69) is 5.32 Å². The second-order valence-electron chi connectivity index (χ2n) is 6.96. The minimum Gasteiger partial charge on any atom is -0.550 e. The first kappa shape index (κ1) is 20.4. The second kappa shape index (κ2) is 9.73. The van der Waals surface area contributed by atoms with Gasteiger partial charge in [-0.2, -0.15) is 0 Å². The Labute approximate surface area is 169 Å². The predicted octanol–water partition coefficient (Wildman–Crippen LogP) is 2.19. The number of anilines is 1. The fourth-order valence-corrected chi connectivity index (χ4v) is 3.20. The Kier molecular flexibility index (Phi) is 6.84. The van der Waals surface area contributed by atoms with Crippen LogP contribution in [0.3, 0.4) is 0 Å². The lowest BCUT2D eigenvalue weighted by Gasteiger charge is -2.32. The van der Waals surface area contributed by atoms with Crippen molar-refractivity contribution < 1.29 is 24.2 Å². The van der Waals surface area contributed by atoms with E-state index in [9.17, 15) is 19.5 Å². The molecule has 29 heavy (non-hydrogen) atoms. The van der Waals surface area contributed by atoms with Crippen molar-refractivity contribution in [1.82, 2.24) is 4.90 Å². The minimum absolute atomic E-state index is 0.0709. The molecule has 0 saturated carbocycles. The van der Waals surface area contributed by atoms with Crippen LogP contribution in [0.5, 0.6) is 11.5 Å². The molecule has 2 aromatic carbocycles. The van der Waals surface area contributed by atoms with Gasteiger partial charge in [-0.15, -0.1) is 0 Å². The minimum atomic E-state index is -1.06. The molecule has 1 aliphatic rings. The van der Waals surface area contributed by atoms with E-state index in [1.54, 1.807) is 29.2 Å². The first-order chi connectivity index (χ1) is 14.0. The molecular formula is C22H23N2O5-. The highest BCUT2D eigenvalue weighted by Gasteiger charge is 2.23. The number of nitrogens with zero attached hydrogens (tertiary/aromatic N) is 1. The first-order valence-electron chi connectivity index (χ1n) is 9.63. The smallest absolute Gasteiger partial charge is 0.224 e. The van der Waals surface area contributed by atoms with Gasteiger partial charge >= 0.3 is 0 Å². The maximum atomic E-state index is 12.2. The third kappa shape index (κ3) is 6.07. The van der Waals surface area contributed by atoms with E-state index in [0.29, 0.717) is 37.4 Å². The highest BCUT2D eigenvalue weighted by molar-refractivity contribution is 5.93. The summed E-state index contributed by atoms with van der Waals surface area (Å²) < 4.78 is 5.70. The number of likely N-dealkylation sites (tertiary alicyclic amines) is 1. The maximum absolute atomic E-state index is 12.2. The fraction of sp³-hybridized carbons (Fsp3) is 0.318. The van der Waals surface area contributed by atoms with Crippen molar-refractivity contribution in [2.45, 2.75) is 25.7 Å². The number of ether oxygens (including phenoxy) is 1. The van der Waals surface area contributed by atoms with Crippen molar-refractivity contribution in [2.75, 3.05) is 18.4 Å². The molecule has 152 valence electrons. The van der Waals surface area contributed by atoms with E-state index in [-0.39, 0.29) is 24.7 Å². The van der Waals surface area contributed by atoms with E-state index in [0.717, 1.165) is 5.75 Å². The van der Waals surface area contributed by atoms with Crippen LogP contribution in [0, 0.1) is 5.92 Å². The summed E-state index contributed by atoms with van der Waals surface area (Å²) in [5, 5.41) is 13.6. The molecular weight excluding hydrogens is 372 g/mol. The van der Waals surface area contributed by atoms with Crippen LogP contribution in [0.4, 0.5) is 5.69 Å². The van der Waals surface area contributed by atoms with Gasteiger partial charge in [0.25, 0.3) is 0 Å². The number of hydrogen-bond donors (Lipinski definition) is 1. The summed E-state index contributed by atoms with van der Waals surface area (Å²) in [6.07, 6.45) is 0.966. The Hall–Kier alpha value is -3.35. The van der Waals surface area contributed by atoms with Crippen molar-refractivity contribution in [2.24, 2.45) is 5.92 Å². The molecule has 1 saturated heterocycles. The van der Waals surface area contributed by atoms with Crippen LogP contribution < -0.4 is 15.2 Å². The molecule has 7 nitrogen and oxygen atoms in total. The zero-order chi connectivity index (χ0) is 20.6. The van der Waals surface area contributed by atoms with Crippen molar-refractivity contribution in [3.63, 3.8) is 0 Å². The number of hydrogen-bond acceptors (Lipinski definition) is 5. The zero-order valence-electron chi connectivity index (χ0n) is 16.0. The SMILES string of the molecule is O=C(CCC(=O)N1CCC(C(=O)[O-])CC1)Nc1ccc(Oc2ccccc2)cc1. The molecule has 1 N–H and O–H groups in total. The summed E-state index contributed by atoms with van der Waals surface area (Å²) in [5.74, 6) is -0.549. The Balaban J connectivity index is 1.41. The van der Waals surface area contributed by atoms with Crippen LogP contribution >= 0.6 is 0 Å². The van der Waals surface area contributed by atoms with Crippen molar-refractivity contribution >= 4 is 23.5 Å². The van der Waals surface area contributed by atoms with Crippen LogP contribution in [-0.4, -0.2) is 35.8 Å². The number of rotatable bonds is 7. The molecule has 0 aromatic heterocycles. The number of amides is 2. The monoisotopic (exact) mass is 395 g/mol. The summed E-state index contributed by atoms with van der Waals surface area (Å²) in [4.78, 5) is 36.8. The van der Waals surface area contributed by atoms with Gasteiger partial charge in [0.2, 0.25) is 11.8 Å². The molecule has 3 rings (SSSR count). The Morgan fingerprint density at radius 3 is 2.17 bits per heavy atom. The molecule has 0 spiro atoms. The highest BCUT2D eigenvalue weighted by Crippen LogP contribution is 2.23. The Morgan fingerprint density at radius 1 is 0.931 bits per heavy atom. The second-order valence-corrected chi connectivity index (χ2v) is 6.96. The maximum Gasteiger partial charge on any atom is 0.224 e. The molecule has 0 atom stereocenters. The topological polar surface area (TPSA) is 98.8 Å². The average molecular weight is 395 g/mol. The molecule has 2 aromatic rings. The van der Waals surface area contributed by atoms with E-state index in [4.69, 9.17) is 4.74 Å². The van der Waals surface area contributed by atoms with Crippen LogP contribution in [-0.2, 0) is 14.4 Å². The molecule has 1 heterocycles. The number of carbonyl (C=O) groups is 3. The van der Waals surface area contributed by atoms with E-state index >= 15 is 0 Å². The number of nitrogens with one attached hydrogen (secondary N) is 1. The van der Waals surface area contributed by atoms with Crippen LogP contribution in [0.2, 0.25) is 0 Å². The average Bonchev–Trinajstić information content (AvgIpc) is 2.74. The van der Waals surface area contributed by atoms with Crippen molar-refractivity contribution in [3.8, 4) is 11.5 Å². The first-order valence-corrected chi connectivity index (χ1v) is 9.63. The normalized spacial score (nSPS) is 14.3. The summed E-state index contributed by atoms with van der Waals surface area (Å²) >= 11 is 0. The number of carboxylic acids is 1. The van der Waals surface area contributed by atoms with Crippen LogP contribution in [0.25, 0.3) is 0 Å². The standard InChI is InChI=1S/C22H24N2O5/c25-20(10-11-21(26)24-14-12-16(13-15-24)22(27)28)23-17-6-8-19(9-7-17)29-18-4-2-1-3-5-18/h1-9,16H,10-15H2,(H,23,25)(H,27,28)/p-1. The number of piperidine rings is 1. The third-order valence-corrected chi connectivity index (χ3v) is 4.86. The molecule has 2 amide bonds. The number of carboxylic acid groups (broad SMARTS) is 1. The number of aliphatic carboxylic acids is 1. The number of para-hydroxylation sites is 1. The lowest BCUT2D eigenvalue weighted by atomic mass is 9.97. The quantitative estimate of drug-likeness (QED) is 0.775. The summed E-state index contributed by atoms with van der Waals surface area (Å²) in [6.45, 7) is 0.782. The van der Waals surface area contributed by atoms with Gasteiger partial charge in [-0.25, -0.2) is 0 Å². The number of carbonyl (C=O) groups excluding carboxylic acids is 3. The van der Waals surface area contributed by atoms with Gasteiger partial charge in [0, 0.05) is 43.5 Å². The predicted molar refractivity (Wildman–Crippen MR) is 105 cm³/mol. The molecule has 1 fully saturated rings. The zero-order valence-corrected chi connectivity index (χ0v) is 16.0. The van der Waals surface area contributed by atoms with Gasteiger partial charge in [-0.05, 0) is 49.2 Å². The molecule has 0 radical (unpaired) electrons. The van der Waals surface area contributed by atoms with Crippen LogP contribution in [0.1, 0.15) is 25.7 Å². The molecule has 1 aliphatic heterocycles. The Bertz CT molecular complexity index is 843. The highest BCUT2D eigenvalue weighted by atomic mass is 16.5. The summed E-state index contributed by atoms with van der Waals surface area (Å²) in [7, 11) is 0. The van der Waals surface area contributed by atoms with Gasteiger partial charge in [0.15, 0.2) is 0 Å². The molecule has 0 bridgehead atoms. The van der Waals surface area contributed by atoms with E-state index in [1.165, 1.54) is 0 Å².